The molecule has 2 N–H and O–H groups in total. The Labute approximate surface area is 148 Å². The van der Waals surface area contributed by atoms with Gasteiger partial charge in [0, 0.05) is 38.1 Å². The number of carbonyl (C=O) groups excluding carboxylic acids is 1. The van der Waals surface area contributed by atoms with E-state index in [0.717, 1.165) is 12.2 Å². The van der Waals surface area contributed by atoms with Crippen LogP contribution in [-0.2, 0) is 17.8 Å². The third-order valence-corrected chi connectivity index (χ3v) is 4.25. The fourth-order valence-corrected chi connectivity index (χ4v) is 2.88. The van der Waals surface area contributed by atoms with E-state index in [1.807, 2.05) is 31.3 Å². The van der Waals surface area contributed by atoms with Gasteiger partial charge in [0.1, 0.15) is 5.69 Å². The third kappa shape index (κ3) is 4.55. The number of carbonyl (C=O) groups is 1. The molecule has 0 radical (unpaired) electrons. The van der Waals surface area contributed by atoms with Crippen molar-refractivity contribution < 1.29 is 9.53 Å². The Morgan fingerprint density at radius 3 is 2.60 bits per heavy atom. The first kappa shape index (κ1) is 17.4. The average Bonchev–Trinajstić information content (AvgIpc) is 2.68. The Bertz CT molecular complexity index is 714. The molecule has 6 heteroatoms. The van der Waals surface area contributed by atoms with Gasteiger partial charge in [0.15, 0.2) is 0 Å². The lowest BCUT2D eigenvalue weighted by molar-refractivity contribution is 0.0299. The van der Waals surface area contributed by atoms with Crippen LogP contribution in [0.25, 0.3) is 0 Å². The summed E-state index contributed by atoms with van der Waals surface area (Å²) in [6, 6.07) is 12.0. The fourth-order valence-electron chi connectivity index (χ4n) is 2.88. The summed E-state index contributed by atoms with van der Waals surface area (Å²) >= 11 is 0. The Morgan fingerprint density at radius 2 is 1.88 bits per heavy atom. The van der Waals surface area contributed by atoms with Crippen molar-refractivity contribution in [3.8, 4) is 0 Å². The number of rotatable bonds is 6. The Morgan fingerprint density at radius 1 is 1.16 bits per heavy atom. The highest BCUT2D eigenvalue weighted by Crippen LogP contribution is 2.15. The number of anilines is 1. The van der Waals surface area contributed by atoms with Crippen molar-refractivity contribution in [2.75, 3.05) is 38.7 Å². The van der Waals surface area contributed by atoms with E-state index in [1.165, 1.54) is 11.1 Å². The Hall–Kier alpha value is -2.44. The minimum Gasteiger partial charge on any atom is -0.381 e. The third-order valence-electron chi connectivity index (χ3n) is 4.25. The van der Waals surface area contributed by atoms with Gasteiger partial charge in [-0.25, -0.2) is 0 Å². The smallest absolute Gasteiger partial charge is 0.272 e. The Balaban J connectivity index is 1.67. The van der Waals surface area contributed by atoms with Gasteiger partial charge in [-0.3, -0.25) is 9.78 Å². The first-order chi connectivity index (χ1) is 12.3. The number of hydrogen-bond donors (Lipinski definition) is 2. The highest BCUT2D eigenvalue weighted by atomic mass is 16.5. The van der Waals surface area contributed by atoms with Crippen molar-refractivity contribution in [2.24, 2.45) is 0 Å². The molecule has 1 aromatic carbocycles. The zero-order valence-corrected chi connectivity index (χ0v) is 14.5. The first-order valence-electron chi connectivity index (χ1n) is 8.56. The minimum atomic E-state index is -0.0393. The molecule has 0 bridgehead atoms. The minimum absolute atomic E-state index is 0.0393. The summed E-state index contributed by atoms with van der Waals surface area (Å²) < 4.78 is 5.30. The molecule has 132 valence electrons. The van der Waals surface area contributed by atoms with Gasteiger partial charge in [0.2, 0.25) is 0 Å². The van der Waals surface area contributed by atoms with Crippen LogP contribution < -0.4 is 10.6 Å². The topological polar surface area (TPSA) is 66.5 Å². The molecule has 0 atom stereocenters. The zero-order chi connectivity index (χ0) is 17.5. The molecule has 0 aliphatic carbocycles. The molecule has 2 heterocycles. The molecule has 1 amide bonds. The van der Waals surface area contributed by atoms with Gasteiger partial charge >= 0.3 is 0 Å². The molecule has 2 aromatic rings. The highest BCUT2D eigenvalue weighted by molar-refractivity contribution is 5.93. The van der Waals surface area contributed by atoms with Crippen LogP contribution in [0.4, 0.5) is 5.69 Å². The number of morpholine rings is 1. The predicted molar refractivity (Wildman–Crippen MR) is 97.5 cm³/mol. The molecule has 3 rings (SSSR count). The van der Waals surface area contributed by atoms with Gasteiger partial charge in [-0.2, -0.15) is 0 Å². The van der Waals surface area contributed by atoms with Crippen LogP contribution in [-0.4, -0.2) is 49.1 Å². The van der Waals surface area contributed by atoms with E-state index in [0.29, 0.717) is 38.5 Å². The average molecular weight is 340 g/mol. The van der Waals surface area contributed by atoms with Crippen LogP contribution in [0, 0.1) is 0 Å². The SMILES string of the molecule is CNCc1ccccc1CNc1ccnc(C(=O)N2CCOCC2)c1. The molecular weight excluding hydrogens is 316 g/mol. The summed E-state index contributed by atoms with van der Waals surface area (Å²) in [5.41, 5.74) is 3.85. The van der Waals surface area contributed by atoms with Crippen molar-refractivity contribution in [2.45, 2.75) is 13.1 Å². The van der Waals surface area contributed by atoms with Gasteiger partial charge in [0.25, 0.3) is 5.91 Å². The lowest BCUT2D eigenvalue weighted by atomic mass is 10.1. The number of aromatic nitrogens is 1. The molecule has 0 unspecified atom stereocenters. The van der Waals surface area contributed by atoms with Gasteiger partial charge in [-0.1, -0.05) is 24.3 Å². The number of pyridine rings is 1. The van der Waals surface area contributed by atoms with E-state index in [1.54, 1.807) is 11.1 Å². The van der Waals surface area contributed by atoms with Gasteiger partial charge in [-0.15, -0.1) is 0 Å². The van der Waals surface area contributed by atoms with Crippen LogP contribution in [0.15, 0.2) is 42.6 Å². The summed E-state index contributed by atoms with van der Waals surface area (Å²) in [7, 11) is 1.94. The maximum atomic E-state index is 12.5. The van der Waals surface area contributed by atoms with Crippen molar-refractivity contribution in [3.05, 3.63) is 59.4 Å². The highest BCUT2D eigenvalue weighted by Gasteiger charge is 2.19. The number of amides is 1. The lowest BCUT2D eigenvalue weighted by Crippen LogP contribution is -2.41. The summed E-state index contributed by atoms with van der Waals surface area (Å²) in [5, 5.41) is 6.58. The second-order valence-corrected chi connectivity index (χ2v) is 5.99. The van der Waals surface area contributed by atoms with E-state index >= 15 is 0 Å². The number of nitrogens with zero attached hydrogens (tertiary/aromatic N) is 2. The van der Waals surface area contributed by atoms with Crippen LogP contribution >= 0.6 is 0 Å². The van der Waals surface area contributed by atoms with Crippen molar-refractivity contribution in [1.82, 2.24) is 15.2 Å². The Kier molecular flexibility index (Phi) is 5.98. The van der Waals surface area contributed by atoms with Crippen molar-refractivity contribution in [3.63, 3.8) is 0 Å². The van der Waals surface area contributed by atoms with Gasteiger partial charge < -0.3 is 20.3 Å². The lowest BCUT2D eigenvalue weighted by Gasteiger charge is -2.26. The molecular formula is C19H24N4O2. The number of nitrogens with one attached hydrogen (secondary N) is 2. The van der Waals surface area contributed by atoms with Crippen molar-refractivity contribution in [1.29, 1.82) is 0 Å². The zero-order valence-electron chi connectivity index (χ0n) is 14.5. The monoisotopic (exact) mass is 340 g/mol. The largest absolute Gasteiger partial charge is 0.381 e. The maximum Gasteiger partial charge on any atom is 0.272 e. The standard InChI is InChI=1S/C19H24N4O2/c1-20-13-15-4-2-3-5-16(15)14-22-17-6-7-21-18(12-17)19(24)23-8-10-25-11-9-23/h2-7,12,20H,8-11,13-14H2,1H3,(H,21,22). The summed E-state index contributed by atoms with van der Waals surface area (Å²) in [5.74, 6) is -0.0393. The first-order valence-corrected chi connectivity index (χ1v) is 8.56. The molecule has 1 saturated heterocycles. The van der Waals surface area contributed by atoms with E-state index in [2.05, 4.69) is 27.8 Å². The van der Waals surface area contributed by atoms with E-state index in [4.69, 9.17) is 4.74 Å². The number of ether oxygens (including phenoxy) is 1. The van der Waals surface area contributed by atoms with Crippen LogP contribution in [0.1, 0.15) is 21.6 Å². The van der Waals surface area contributed by atoms with Gasteiger partial charge in [0.05, 0.1) is 13.2 Å². The molecule has 1 aromatic heterocycles. The fraction of sp³-hybridized carbons (Fsp3) is 0.368. The number of benzene rings is 1. The summed E-state index contributed by atoms with van der Waals surface area (Å²) in [4.78, 5) is 18.6. The van der Waals surface area contributed by atoms with Crippen LogP contribution in [0.3, 0.4) is 0 Å². The van der Waals surface area contributed by atoms with E-state index in [-0.39, 0.29) is 5.91 Å². The van der Waals surface area contributed by atoms with Gasteiger partial charge in [-0.05, 0) is 30.3 Å². The summed E-state index contributed by atoms with van der Waals surface area (Å²) in [6.45, 7) is 3.95. The molecule has 1 aliphatic rings. The van der Waals surface area contributed by atoms with E-state index in [9.17, 15) is 4.79 Å². The van der Waals surface area contributed by atoms with Crippen molar-refractivity contribution >= 4 is 11.6 Å². The predicted octanol–water partition coefficient (Wildman–Crippen LogP) is 1.89. The quantitative estimate of drug-likeness (QED) is 0.841. The normalized spacial score (nSPS) is 14.4. The van der Waals surface area contributed by atoms with Crippen LogP contribution in [0.5, 0.6) is 0 Å². The second-order valence-electron chi connectivity index (χ2n) is 5.99. The van der Waals surface area contributed by atoms with Crippen LogP contribution in [0.2, 0.25) is 0 Å². The second kappa shape index (κ2) is 8.60. The molecule has 0 saturated carbocycles. The molecule has 1 fully saturated rings. The molecule has 25 heavy (non-hydrogen) atoms. The van der Waals surface area contributed by atoms with E-state index < -0.39 is 0 Å². The summed E-state index contributed by atoms with van der Waals surface area (Å²) in [6.07, 6.45) is 1.68. The molecule has 1 aliphatic heterocycles. The molecule has 6 nitrogen and oxygen atoms in total. The maximum absolute atomic E-state index is 12.5. The number of hydrogen-bond acceptors (Lipinski definition) is 5. The molecule has 0 spiro atoms.